The van der Waals surface area contributed by atoms with E-state index >= 15 is 0 Å². The van der Waals surface area contributed by atoms with E-state index in [2.05, 4.69) is 0 Å². The molecule has 0 spiro atoms. The minimum Gasteiger partial charge on any atom is -0.282 e. The Balaban J connectivity index is 2.54. The molecule has 70 valence electrons. The number of likely N-dealkylation sites (tertiary alicyclic amines) is 1. The molecule has 1 heterocycles. The van der Waals surface area contributed by atoms with Crippen molar-refractivity contribution in [3.63, 3.8) is 0 Å². The van der Waals surface area contributed by atoms with Gasteiger partial charge in [-0.1, -0.05) is 13.3 Å². The summed E-state index contributed by atoms with van der Waals surface area (Å²) < 4.78 is 0. The molecule has 5 heteroatoms. The normalized spacial score (nSPS) is 22.8. The first kappa shape index (κ1) is 10.6. The van der Waals surface area contributed by atoms with Crippen LogP contribution in [0.3, 0.4) is 0 Å². The van der Waals surface area contributed by atoms with Crippen LogP contribution in [0.4, 0.5) is 0 Å². The van der Waals surface area contributed by atoms with Crippen molar-refractivity contribution >= 4 is 30.6 Å². The Morgan fingerprint density at radius 1 is 1.62 bits per heavy atom. The maximum Gasteiger partial charge on any atom is 0.241 e. The fourth-order valence-electron chi connectivity index (χ4n) is 1.31. The van der Waals surface area contributed by atoms with Gasteiger partial charge in [0.25, 0.3) is 0 Å². The van der Waals surface area contributed by atoms with Crippen LogP contribution in [-0.2, 0) is 9.59 Å². The molecular formula is C8H12BNO2S. The van der Waals surface area contributed by atoms with Gasteiger partial charge in [0.2, 0.25) is 11.8 Å². The Kier molecular flexibility index (Phi) is 3.84. The van der Waals surface area contributed by atoms with Crippen molar-refractivity contribution in [2.24, 2.45) is 0 Å². The number of imide groups is 1. The first-order valence-electron chi connectivity index (χ1n) is 4.40. The first-order chi connectivity index (χ1) is 6.20. The molecule has 0 aromatic rings. The molecule has 13 heavy (non-hydrogen) atoms. The van der Waals surface area contributed by atoms with Gasteiger partial charge in [-0.05, 0) is 6.42 Å². The van der Waals surface area contributed by atoms with Gasteiger partial charge in [0.15, 0.2) is 7.12 Å². The van der Waals surface area contributed by atoms with Crippen LogP contribution in [0.2, 0.25) is 0 Å². The van der Waals surface area contributed by atoms with Gasteiger partial charge in [0, 0.05) is 13.0 Å². The highest BCUT2D eigenvalue weighted by Gasteiger charge is 2.36. The molecule has 0 aromatic carbocycles. The average molecular weight is 197 g/mol. The van der Waals surface area contributed by atoms with E-state index in [0.29, 0.717) is 6.54 Å². The Hall–Kier alpha value is -0.445. The van der Waals surface area contributed by atoms with Crippen molar-refractivity contribution < 1.29 is 9.59 Å². The molecule has 1 aliphatic heterocycles. The number of hydrogen-bond acceptors (Lipinski definition) is 3. The van der Waals surface area contributed by atoms with Gasteiger partial charge in [-0.2, -0.15) is 0 Å². The summed E-state index contributed by atoms with van der Waals surface area (Å²) >= 11 is 0.969. The zero-order valence-corrected chi connectivity index (χ0v) is 8.47. The minimum absolute atomic E-state index is 0.0820. The SMILES string of the molecule is [B]SC1CC(=O)N(CCCC)C1=O. The highest BCUT2D eigenvalue weighted by atomic mass is 32.2. The molecule has 1 saturated heterocycles. The molecule has 2 radical (unpaired) electrons. The topological polar surface area (TPSA) is 37.4 Å². The standard InChI is InChI=1S/C8H12BNO2S/c1-2-3-4-10-7(11)5-6(13-9)8(10)12/h6H,2-5H2,1H3. The second kappa shape index (κ2) is 4.70. The van der Waals surface area contributed by atoms with Crippen LogP contribution in [0, 0.1) is 0 Å². The fourth-order valence-corrected chi connectivity index (χ4v) is 1.79. The molecule has 1 aliphatic rings. The summed E-state index contributed by atoms with van der Waals surface area (Å²) in [5.41, 5.74) is 0. The van der Waals surface area contributed by atoms with Crippen molar-refractivity contribution in [1.29, 1.82) is 0 Å². The van der Waals surface area contributed by atoms with Crippen LogP contribution in [0.15, 0.2) is 0 Å². The van der Waals surface area contributed by atoms with Gasteiger partial charge in [-0.15, -0.1) is 0 Å². The van der Waals surface area contributed by atoms with Crippen molar-refractivity contribution in [2.75, 3.05) is 6.54 Å². The number of carbonyl (C=O) groups excluding carboxylic acids is 2. The smallest absolute Gasteiger partial charge is 0.241 e. The molecule has 0 N–H and O–H groups in total. The van der Waals surface area contributed by atoms with E-state index in [1.54, 1.807) is 0 Å². The average Bonchev–Trinajstić information content (AvgIpc) is 2.39. The van der Waals surface area contributed by atoms with Crippen molar-refractivity contribution in [3.8, 4) is 0 Å². The zero-order valence-electron chi connectivity index (χ0n) is 7.66. The second-order valence-electron chi connectivity index (χ2n) is 3.07. The van der Waals surface area contributed by atoms with E-state index in [4.69, 9.17) is 7.12 Å². The molecule has 0 bridgehead atoms. The van der Waals surface area contributed by atoms with E-state index in [1.807, 2.05) is 6.92 Å². The lowest BCUT2D eigenvalue weighted by Crippen LogP contribution is -2.32. The molecular weight excluding hydrogens is 185 g/mol. The highest BCUT2D eigenvalue weighted by Crippen LogP contribution is 2.22. The van der Waals surface area contributed by atoms with E-state index in [1.165, 1.54) is 4.90 Å². The van der Waals surface area contributed by atoms with Crippen LogP contribution in [0.1, 0.15) is 26.2 Å². The molecule has 1 unspecified atom stereocenters. The molecule has 1 fully saturated rings. The Morgan fingerprint density at radius 3 is 2.77 bits per heavy atom. The molecule has 2 amide bonds. The van der Waals surface area contributed by atoms with Crippen LogP contribution >= 0.6 is 11.6 Å². The number of carbonyl (C=O) groups is 2. The Labute approximate surface area is 83.5 Å². The fraction of sp³-hybridized carbons (Fsp3) is 0.750. The summed E-state index contributed by atoms with van der Waals surface area (Å²) in [6, 6.07) is 0. The lowest BCUT2D eigenvalue weighted by Gasteiger charge is -2.13. The van der Waals surface area contributed by atoms with Crippen LogP contribution in [0.25, 0.3) is 0 Å². The molecule has 0 aliphatic carbocycles. The summed E-state index contributed by atoms with van der Waals surface area (Å²) in [6.07, 6.45) is 2.13. The maximum atomic E-state index is 11.5. The highest BCUT2D eigenvalue weighted by molar-refractivity contribution is 8.20. The number of hydrogen-bond donors (Lipinski definition) is 0. The zero-order chi connectivity index (χ0) is 9.84. The van der Waals surface area contributed by atoms with Crippen LogP contribution < -0.4 is 0 Å². The predicted octanol–water partition coefficient (Wildman–Crippen LogP) is 0.731. The van der Waals surface area contributed by atoms with Crippen molar-refractivity contribution in [3.05, 3.63) is 0 Å². The van der Waals surface area contributed by atoms with E-state index in [9.17, 15) is 9.59 Å². The van der Waals surface area contributed by atoms with Gasteiger partial charge in [0.05, 0.1) is 5.25 Å². The second-order valence-corrected chi connectivity index (χ2v) is 3.91. The largest absolute Gasteiger partial charge is 0.282 e. The first-order valence-corrected chi connectivity index (χ1v) is 5.34. The summed E-state index contributed by atoms with van der Waals surface area (Å²) in [6.45, 7) is 2.57. The quantitative estimate of drug-likeness (QED) is 0.492. The number of amides is 2. The van der Waals surface area contributed by atoms with Crippen molar-refractivity contribution in [1.82, 2.24) is 4.90 Å². The molecule has 0 saturated carbocycles. The summed E-state index contributed by atoms with van der Waals surface area (Å²) in [5, 5.41) is -0.343. The number of unbranched alkanes of at least 4 members (excludes halogenated alkanes) is 1. The van der Waals surface area contributed by atoms with E-state index in [0.717, 1.165) is 24.5 Å². The van der Waals surface area contributed by atoms with Gasteiger partial charge >= 0.3 is 0 Å². The lowest BCUT2D eigenvalue weighted by atomic mass is 10.3. The summed E-state index contributed by atoms with van der Waals surface area (Å²) in [4.78, 5) is 24.1. The van der Waals surface area contributed by atoms with Crippen molar-refractivity contribution in [2.45, 2.75) is 31.4 Å². The van der Waals surface area contributed by atoms with Gasteiger partial charge in [-0.25, -0.2) is 11.6 Å². The monoisotopic (exact) mass is 197 g/mol. The van der Waals surface area contributed by atoms with Crippen LogP contribution in [0.5, 0.6) is 0 Å². The van der Waals surface area contributed by atoms with Crippen LogP contribution in [-0.4, -0.2) is 35.6 Å². The summed E-state index contributed by atoms with van der Waals surface area (Å²) in [7, 11) is 5.29. The number of nitrogens with zero attached hydrogens (tertiary/aromatic N) is 1. The molecule has 1 atom stereocenters. The Morgan fingerprint density at radius 2 is 2.31 bits per heavy atom. The molecule has 0 aromatic heterocycles. The van der Waals surface area contributed by atoms with E-state index < -0.39 is 0 Å². The molecule has 3 nitrogen and oxygen atoms in total. The maximum absolute atomic E-state index is 11.5. The third-order valence-corrected chi connectivity index (χ3v) is 2.80. The van der Waals surface area contributed by atoms with E-state index in [-0.39, 0.29) is 23.5 Å². The molecule has 1 rings (SSSR count). The minimum atomic E-state index is -0.343. The van der Waals surface area contributed by atoms with Gasteiger partial charge < -0.3 is 0 Å². The van der Waals surface area contributed by atoms with Gasteiger partial charge in [0.1, 0.15) is 0 Å². The summed E-state index contributed by atoms with van der Waals surface area (Å²) in [5.74, 6) is -0.202. The third-order valence-electron chi connectivity index (χ3n) is 2.10. The number of rotatable bonds is 4. The lowest BCUT2D eigenvalue weighted by molar-refractivity contribution is -0.138. The Bertz CT molecular complexity index is 222. The predicted molar refractivity (Wildman–Crippen MR) is 53.4 cm³/mol. The van der Waals surface area contributed by atoms with Gasteiger partial charge in [-0.3, -0.25) is 14.5 Å². The third kappa shape index (κ3) is 2.27.